The summed E-state index contributed by atoms with van der Waals surface area (Å²) in [5, 5.41) is 1.57. The van der Waals surface area contributed by atoms with Crippen molar-refractivity contribution in [2.75, 3.05) is 0 Å². The number of rotatable bonds is 4. The van der Waals surface area contributed by atoms with Crippen LogP contribution in [-0.4, -0.2) is 31.4 Å². The minimum Gasteiger partial charge on any atom is -0.405 e. The van der Waals surface area contributed by atoms with Gasteiger partial charge in [-0.2, -0.15) is 0 Å². The highest BCUT2D eigenvalue weighted by atomic mass is 28.4. The molecule has 2 rings (SSSR count). The van der Waals surface area contributed by atoms with Crippen LogP contribution in [0.5, 0.6) is 0 Å². The fourth-order valence-corrected chi connectivity index (χ4v) is 3.65. The molecule has 4 nitrogen and oxygen atoms in total. The van der Waals surface area contributed by atoms with Crippen LogP contribution in [0.4, 0.5) is 0 Å². The highest BCUT2D eigenvalue weighted by Crippen LogP contribution is 2.41. The first kappa shape index (κ1) is 15.0. The Morgan fingerprint density at radius 3 is 2.42 bits per heavy atom. The number of hydrogen-bond acceptors (Lipinski definition) is 3. The zero-order valence-corrected chi connectivity index (χ0v) is 13.9. The Labute approximate surface area is 117 Å². The number of hydrogen-bond donors (Lipinski definition) is 1. The fourth-order valence-electron chi connectivity index (χ4n) is 2.39. The number of carbonyl (C=O) groups is 1. The third-order valence-corrected chi connectivity index (χ3v) is 9.44. The Hall–Kier alpha value is -0.393. The molecule has 5 heteroatoms. The second-order valence-electron chi connectivity index (χ2n) is 7.68. The highest BCUT2D eigenvalue weighted by molar-refractivity contribution is 6.74. The predicted molar refractivity (Wildman–Crippen MR) is 78.8 cm³/mol. The first-order valence-electron chi connectivity index (χ1n) is 7.37. The molecule has 2 aliphatic rings. The lowest BCUT2D eigenvalue weighted by Crippen LogP contribution is -2.47. The molecule has 19 heavy (non-hydrogen) atoms. The van der Waals surface area contributed by atoms with Crippen LogP contribution in [-0.2, 0) is 9.22 Å². The third kappa shape index (κ3) is 3.20. The molecule has 1 saturated carbocycles. The summed E-state index contributed by atoms with van der Waals surface area (Å²) in [6, 6.07) is 0.190. The number of nitrogens with zero attached hydrogens (tertiary/aromatic N) is 1. The van der Waals surface area contributed by atoms with E-state index in [2.05, 4.69) is 33.9 Å². The van der Waals surface area contributed by atoms with E-state index >= 15 is 0 Å². The van der Waals surface area contributed by atoms with E-state index < -0.39 is 8.32 Å². The van der Waals surface area contributed by atoms with Crippen LogP contribution in [0, 0.1) is 5.92 Å². The summed E-state index contributed by atoms with van der Waals surface area (Å²) in [5.41, 5.74) is 0. The number of amides is 1. The van der Waals surface area contributed by atoms with E-state index in [0.29, 0.717) is 0 Å². The summed E-state index contributed by atoms with van der Waals surface area (Å²) >= 11 is 0. The van der Waals surface area contributed by atoms with Crippen molar-refractivity contribution in [2.45, 2.75) is 76.7 Å². The molecule has 0 bridgehead atoms. The van der Waals surface area contributed by atoms with Crippen LogP contribution in [0.25, 0.3) is 0 Å². The van der Waals surface area contributed by atoms with Gasteiger partial charge in [0.2, 0.25) is 0 Å². The predicted octanol–water partition coefficient (Wildman–Crippen LogP) is 2.65. The molecule has 2 atom stereocenters. The fraction of sp³-hybridized carbons (Fsp3) is 0.929. The van der Waals surface area contributed by atoms with Gasteiger partial charge in [0.05, 0.1) is 6.04 Å². The molecular weight excluding hydrogens is 256 g/mol. The van der Waals surface area contributed by atoms with Gasteiger partial charge in [0.15, 0.2) is 8.32 Å². The van der Waals surface area contributed by atoms with Crippen molar-refractivity contribution in [3.8, 4) is 0 Å². The van der Waals surface area contributed by atoms with E-state index in [0.717, 1.165) is 18.8 Å². The molecule has 110 valence electrons. The van der Waals surface area contributed by atoms with Crippen molar-refractivity contribution in [1.29, 1.82) is 0 Å². The summed E-state index contributed by atoms with van der Waals surface area (Å²) in [5.74, 6) is 6.71. The molecule has 1 amide bonds. The normalized spacial score (nSPS) is 29.2. The lowest BCUT2D eigenvalue weighted by atomic mass is 10.1. The van der Waals surface area contributed by atoms with Gasteiger partial charge in [0, 0.05) is 6.42 Å². The maximum Gasteiger partial charge on any atom is 0.264 e. The van der Waals surface area contributed by atoms with E-state index in [1.807, 2.05) is 0 Å². The van der Waals surface area contributed by atoms with Gasteiger partial charge in [-0.1, -0.05) is 33.6 Å². The lowest BCUT2D eigenvalue weighted by molar-refractivity contribution is -0.135. The van der Waals surface area contributed by atoms with Crippen LogP contribution in [0.3, 0.4) is 0 Å². The average Bonchev–Trinajstić information content (AvgIpc) is 3.02. The van der Waals surface area contributed by atoms with Crippen molar-refractivity contribution in [3.05, 3.63) is 0 Å². The molecule has 1 aliphatic heterocycles. The van der Waals surface area contributed by atoms with E-state index in [1.165, 1.54) is 17.9 Å². The van der Waals surface area contributed by atoms with Gasteiger partial charge in [-0.05, 0) is 30.5 Å². The molecule has 1 aliphatic carbocycles. The smallest absolute Gasteiger partial charge is 0.264 e. The third-order valence-electron chi connectivity index (χ3n) is 4.95. The highest BCUT2D eigenvalue weighted by Gasteiger charge is 2.46. The van der Waals surface area contributed by atoms with E-state index in [-0.39, 0.29) is 23.1 Å². The van der Waals surface area contributed by atoms with Crippen molar-refractivity contribution in [3.63, 3.8) is 0 Å². The molecule has 2 unspecified atom stereocenters. The quantitative estimate of drug-likeness (QED) is 0.490. The number of nitrogens with two attached hydrogens (primary N) is 1. The van der Waals surface area contributed by atoms with Crippen LogP contribution in [0.2, 0.25) is 18.1 Å². The summed E-state index contributed by atoms with van der Waals surface area (Å²) < 4.78 is 6.25. The monoisotopic (exact) mass is 284 g/mol. The van der Waals surface area contributed by atoms with Crippen LogP contribution in [0.15, 0.2) is 0 Å². The first-order valence-corrected chi connectivity index (χ1v) is 10.3. The summed E-state index contributed by atoms with van der Waals surface area (Å²) in [6.07, 6.45) is 4.12. The van der Waals surface area contributed by atoms with E-state index in [9.17, 15) is 4.79 Å². The minimum absolute atomic E-state index is 0.0181. The van der Waals surface area contributed by atoms with Gasteiger partial charge in [0.1, 0.15) is 6.10 Å². The molecule has 1 saturated heterocycles. The second kappa shape index (κ2) is 4.86. The Bertz CT molecular complexity index is 361. The van der Waals surface area contributed by atoms with Crippen molar-refractivity contribution in [1.82, 2.24) is 5.01 Å². The van der Waals surface area contributed by atoms with E-state index in [4.69, 9.17) is 10.3 Å². The van der Waals surface area contributed by atoms with Gasteiger partial charge >= 0.3 is 0 Å². The Kier molecular flexibility index (Phi) is 3.84. The molecule has 0 radical (unpaired) electrons. The van der Waals surface area contributed by atoms with Gasteiger partial charge < -0.3 is 4.43 Å². The molecule has 0 aromatic carbocycles. The lowest BCUT2D eigenvalue weighted by Gasteiger charge is -2.37. The zero-order chi connectivity index (χ0) is 14.4. The Morgan fingerprint density at radius 2 is 1.95 bits per heavy atom. The maximum atomic E-state index is 12.2. The van der Waals surface area contributed by atoms with Crippen LogP contribution >= 0.6 is 0 Å². The maximum absolute atomic E-state index is 12.2. The van der Waals surface area contributed by atoms with E-state index in [1.54, 1.807) is 0 Å². The molecule has 1 heterocycles. The standard InChI is InChI=1S/C14H28N2O2Si/c1-14(2,3)19(4,5)18-12-9-11(8-10-6-7-10)16(15)13(12)17/h10-12H,6-9,15H2,1-5H3. The molecule has 2 fully saturated rings. The Morgan fingerprint density at radius 1 is 1.37 bits per heavy atom. The van der Waals surface area contributed by atoms with Gasteiger partial charge in [-0.15, -0.1) is 0 Å². The molecule has 0 aromatic heterocycles. The zero-order valence-electron chi connectivity index (χ0n) is 12.9. The van der Waals surface area contributed by atoms with Crippen molar-refractivity contribution in [2.24, 2.45) is 11.8 Å². The first-order chi connectivity index (χ1) is 8.62. The van der Waals surface area contributed by atoms with Gasteiger partial charge in [0.25, 0.3) is 5.91 Å². The largest absolute Gasteiger partial charge is 0.405 e. The molecular formula is C14H28N2O2Si. The van der Waals surface area contributed by atoms with Crippen LogP contribution in [0.1, 0.15) is 46.5 Å². The van der Waals surface area contributed by atoms with Crippen molar-refractivity contribution < 1.29 is 9.22 Å². The second-order valence-corrected chi connectivity index (χ2v) is 12.4. The number of carbonyl (C=O) groups excluding carboxylic acids is 1. The Balaban J connectivity index is 1.99. The number of hydrazine groups is 1. The average molecular weight is 284 g/mol. The summed E-state index contributed by atoms with van der Waals surface area (Å²) in [7, 11) is -1.90. The summed E-state index contributed by atoms with van der Waals surface area (Å²) in [6.45, 7) is 11.0. The minimum atomic E-state index is -1.90. The summed E-state index contributed by atoms with van der Waals surface area (Å²) in [4.78, 5) is 12.2. The molecule has 0 aromatic rings. The molecule has 0 spiro atoms. The van der Waals surface area contributed by atoms with Crippen molar-refractivity contribution >= 4 is 14.2 Å². The van der Waals surface area contributed by atoms with Gasteiger partial charge in [-0.25, -0.2) is 5.84 Å². The topological polar surface area (TPSA) is 55.6 Å². The van der Waals surface area contributed by atoms with Crippen LogP contribution < -0.4 is 5.84 Å². The van der Waals surface area contributed by atoms with Gasteiger partial charge in [-0.3, -0.25) is 9.80 Å². The molecule has 2 N–H and O–H groups in total. The SMILES string of the molecule is CC(C)(C)[Si](C)(C)OC1CC(CC2CC2)N(N)C1=O.